The van der Waals surface area contributed by atoms with Gasteiger partial charge in [0.15, 0.2) is 0 Å². The van der Waals surface area contributed by atoms with Crippen LogP contribution in [0.2, 0.25) is 0 Å². The van der Waals surface area contributed by atoms with Gasteiger partial charge in [0.05, 0.1) is 18.8 Å². The maximum Gasteiger partial charge on any atom is 0.119 e. The third-order valence-electron chi connectivity index (χ3n) is 2.66. The molecule has 1 aromatic rings. The van der Waals surface area contributed by atoms with Crippen LogP contribution in [0.1, 0.15) is 31.9 Å². The van der Waals surface area contributed by atoms with Crippen LogP contribution >= 0.6 is 0 Å². The van der Waals surface area contributed by atoms with E-state index in [1.807, 2.05) is 31.2 Å². The molecule has 1 aromatic carbocycles. The molecule has 2 unspecified atom stereocenters. The smallest absolute Gasteiger partial charge is 0.119 e. The third kappa shape index (κ3) is 3.22. The molecule has 3 heteroatoms. The van der Waals surface area contributed by atoms with Crippen LogP contribution in [0, 0.1) is 0 Å². The summed E-state index contributed by atoms with van der Waals surface area (Å²) in [5, 5.41) is 0. The van der Waals surface area contributed by atoms with E-state index in [2.05, 4.69) is 6.92 Å². The molecule has 0 aromatic heterocycles. The van der Waals surface area contributed by atoms with E-state index >= 15 is 0 Å². The summed E-state index contributed by atoms with van der Waals surface area (Å²) in [4.78, 5) is 0. The number of hydrogen-bond donors (Lipinski definition) is 1. The lowest BCUT2D eigenvalue weighted by Gasteiger charge is -2.21. The Morgan fingerprint density at radius 1 is 1.31 bits per heavy atom. The first-order chi connectivity index (χ1) is 7.72. The van der Waals surface area contributed by atoms with Crippen molar-refractivity contribution in [3.63, 3.8) is 0 Å². The lowest BCUT2D eigenvalue weighted by molar-refractivity contribution is 0.0771. The molecular formula is C13H21NO2. The van der Waals surface area contributed by atoms with Crippen molar-refractivity contribution in [1.29, 1.82) is 0 Å². The van der Waals surface area contributed by atoms with Gasteiger partial charge in [0, 0.05) is 7.11 Å². The first kappa shape index (κ1) is 13.0. The molecule has 1 rings (SSSR count). The molecule has 3 nitrogen and oxygen atoms in total. The summed E-state index contributed by atoms with van der Waals surface area (Å²) in [6, 6.07) is 7.79. The van der Waals surface area contributed by atoms with Crippen LogP contribution in [-0.2, 0) is 4.74 Å². The van der Waals surface area contributed by atoms with E-state index in [0.717, 1.165) is 17.7 Å². The fraction of sp³-hybridized carbons (Fsp3) is 0.538. The van der Waals surface area contributed by atoms with E-state index in [-0.39, 0.29) is 12.1 Å². The van der Waals surface area contributed by atoms with Gasteiger partial charge >= 0.3 is 0 Å². The van der Waals surface area contributed by atoms with Crippen molar-refractivity contribution in [2.45, 2.75) is 32.4 Å². The van der Waals surface area contributed by atoms with Gasteiger partial charge in [-0.15, -0.1) is 0 Å². The van der Waals surface area contributed by atoms with E-state index in [4.69, 9.17) is 15.2 Å². The highest BCUT2D eigenvalue weighted by Gasteiger charge is 2.17. The Kier molecular flexibility index (Phi) is 5.29. The van der Waals surface area contributed by atoms with Crippen molar-refractivity contribution in [3.8, 4) is 5.75 Å². The minimum absolute atomic E-state index is 0.0527. The van der Waals surface area contributed by atoms with Crippen LogP contribution in [-0.4, -0.2) is 19.8 Å². The summed E-state index contributed by atoms with van der Waals surface area (Å²) < 4.78 is 10.8. The van der Waals surface area contributed by atoms with Crippen LogP contribution in [0.5, 0.6) is 5.75 Å². The molecule has 0 amide bonds. The molecule has 0 saturated heterocycles. The number of ether oxygens (including phenoxy) is 2. The van der Waals surface area contributed by atoms with Gasteiger partial charge in [-0.05, 0) is 31.0 Å². The molecule has 0 radical (unpaired) electrons. The Labute approximate surface area is 97.6 Å². The minimum atomic E-state index is -0.101. The number of nitrogens with two attached hydrogens (primary N) is 1. The van der Waals surface area contributed by atoms with Crippen molar-refractivity contribution in [2.75, 3.05) is 13.7 Å². The maximum atomic E-state index is 6.14. The summed E-state index contributed by atoms with van der Waals surface area (Å²) in [6.45, 7) is 4.71. The Bertz CT molecular complexity index is 311. The van der Waals surface area contributed by atoms with E-state index in [1.165, 1.54) is 0 Å². The fourth-order valence-corrected chi connectivity index (χ4v) is 1.76. The molecule has 0 aliphatic carbocycles. The monoisotopic (exact) mass is 223 g/mol. The summed E-state index contributed by atoms with van der Waals surface area (Å²) in [7, 11) is 1.69. The molecule has 0 fully saturated rings. The van der Waals surface area contributed by atoms with Crippen molar-refractivity contribution in [2.24, 2.45) is 5.73 Å². The van der Waals surface area contributed by atoms with Gasteiger partial charge in [-0.1, -0.05) is 19.1 Å². The van der Waals surface area contributed by atoms with Crippen LogP contribution < -0.4 is 10.5 Å². The van der Waals surface area contributed by atoms with Crippen LogP contribution in [0.4, 0.5) is 0 Å². The van der Waals surface area contributed by atoms with Gasteiger partial charge in [0.2, 0.25) is 0 Å². The van der Waals surface area contributed by atoms with E-state index < -0.39 is 0 Å². The molecule has 0 spiro atoms. The second-order valence-corrected chi connectivity index (χ2v) is 3.71. The van der Waals surface area contributed by atoms with Gasteiger partial charge < -0.3 is 15.2 Å². The highest BCUT2D eigenvalue weighted by Crippen LogP contribution is 2.22. The van der Waals surface area contributed by atoms with E-state index in [1.54, 1.807) is 7.11 Å². The molecule has 0 saturated carbocycles. The zero-order valence-corrected chi connectivity index (χ0v) is 10.3. The lowest BCUT2D eigenvalue weighted by atomic mass is 10.0. The van der Waals surface area contributed by atoms with E-state index in [0.29, 0.717) is 6.61 Å². The Balaban J connectivity index is 2.81. The van der Waals surface area contributed by atoms with Gasteiger partial charge in [-0.2, -0.15) is 0 Å². The number of hydrogen-bond acceptors (Lipinski definition) is 3. The Hall–Kier alpha value is -1.06. The fourth-order valence-electron chi connectivity index (χ4n) is 1.76. The average Bonchev–Trinajstić information content (AvgIpc) is 2.31. The topological polar surface area (TPSA) is 44.5 Å². The van der Waals surface area contributed by atoms with Crippen molar-refractivity contribution < 1.29 is 9.47 Å². The van der Waals surface area contributed by atoms with Crippen LogP contribution in [0.25, 0.3) is 0 Å². The summed E-state index contributed by atoms with van der Waals surface area (Å²) in [5.74, 6) is 0.862. The molecule has 0 bridgehead atoms. The van der Waals surface area contributed by atoms with Crippen molar-refractivity contribution in [1.82, 2.24) is 0 Å². The number of methoxy groups -OCH3 is 1. The largest absolute Gasteiger partial charge is 0.494 e. The first-order valence-corrected chi connectivity index (χ1v) is 5.74. The second kappa shape index (κ2) is 6.51. The highest BCUT2D eigenvalue weighted by molar-refractivity contribution is 5.31. The third-order valence-corrected chi connectivity index (χ3v) is 2.66. The Morgan fingerprint density at radius 3 is 2.62 bits per heavy atom. The lowest BCUT2D eigenvalue weighted by Crippen LogP contribution is -2.27. The highest BCUT2D eigenvalue weighted by atomic mass is 16.5. The number of rotatable bonds is 6. The molecule has 16 heavy (non-hydrogen) atoms. The molecule has 2 atom stereocenters. The molecule has 0 aliphatic rings. The van der Waals surface area contributed by atoms with E-state index in [9.17, 15) is 0 Å². The summed E-state index contributed by atoms with van der Waals surface area (Å²) in [6.07, 6.45) is 0.952. The van der Waals surface area contributed by atoms with Gasteiger partial charge in [0.25, 0.3) is 0 Å². The zero-order valence-electron chi connectivity index (χ0n) is 10.3. The standard InChI is InChI=1S/C13H21NO2/c1-4-12(15-3)13(14)10-7-6-8-11(9-10)16-5-2/h6-9,12-13H,4-5,14H2,1-3H3. The zero-order chi connectivity index (χ0) is 12.0. The van der Waals surface area contributed by atoms with Crippen LogP contribution in [0.3, 0.4) is 0 Å². The molecule has 0 heterocycles. The second-order valence-electron chi connectivity index (χ2n) is 3.71. The molecule has 2 N–H and O–H groups in total. The first-order valence-electron chi connectivity index (χ1n) is 5.74. The maximum absolute atomic E-state index is 6.14. The summed E-state index contributed by atoms with van der Waals surface area (Å²) in [5.41, 5.74) is 7.20. The predicted molar refractivity (Wildman–Crippen MR) is 65.6 cm³/mol. The predicted octanol–water partition coefficient (Wildman–Crippen LogP) is 2.51. The molecule has 0 aliphatic heterocycles. The number of benzene rings is 1. The van der Waals surface area contributed by atoms with Crippen molar-refractivity contribution in [3.05, 3.63) is 29.8 Å². The average molecular weight is 223 g/mol. The van der Waals surface area contributed by atoms with Crippen molar-refractivity contribution >= 4 is 0 Å². The SMILES string of the molecule is CCOc1cccc(C(N)C(CC)OC)c1. The normalized spacial score (nSPS) is 14.5. The molecule has 90 valence electrons. The van der Waals surface area contributed by atoms with Gasteiger partial charge in [0.1, 0.15) is 5.75 Å². The minimum Gasteiger partial charge on any atom is -0.494 e. The molecular weight excluding hydrogens is 202 g/mol. The van der Waals surface area contributed by atoms with Gasteiger partial charge in [-0.25, -0.2) is 0 Å². The van der Waals surface area contributed by atoms with Crippen LogP contribution in [0.15, 0.2) is 24.3 Å². The quantitative estimate of drug-likeness (QED) is 0.806. The Morgan fingerprint density at radius 2 is 2.06 bits per heavy atom. The summed E-state index contributed by atoms with van der Waals surface area (Å²) >= 11 is 0. The van der Waals surface area contributed by atoms with Gasteiger partial charge in [-0.3, -0.25) is 0 Å².